The highest BCUT2D eigenvalue weighted by Gasteiger charge is 2.41. The van der Waals surface area contributed by atoms with Crippen LogP contribution in [0.5, 0.6) is 0 Å². The third-order valence-electron chi connectivity index (χ3n) is 3.99. The quantitative estimate of drug-likeness (QED) is 0.850. The maximum absolute atomic E-state index is 5.31. The topological polar surface area (TPSA) is 21.3 Å². The lowest BCUT2D eigenvalue weighted by Crippen LogP contribution is -2.25. The zero-order valence-electron chi connectivity index (χ0n) is 10.8. The molecule has 2 saturated carbocycles. The van der Waals surface area contributed by atoms with Gasteiger partial charge in [0, 0.05) is 28.9 Å². The number of rotatable bonds is 6. The largest absolute Gasteiger partial charge is 0.381 e. The SMILES string of the molecule is COCc1c(Br)cccc1NC(C1CC1)C1CC1. The van der Waals surface area contributed by atoms with Crippen LogP contribution < -0.4 is 5.32 Å². The number of nitrogens with one attached hydrogen (secondary N) is 1. The van der Waals surface area contributed by atoms with Crippen molar-refractivity contribution in [2.45, 2.75) is 38.3 Å². The van der Waals surface area contributed by atoms with Crippen molar-refractivity contribution in [1.82, 2.24) is 0 Å². The minimum absolute atomic E-state index is 0.659. The van der Waals surface area contributed by atoms with Crippen LogP contribution in [0.15, 0.2) is 22.7 Å². The van der Waals surface area contributed by atoms with Gasteiger partial charge in [-0.2, -0.15) is 0 Å². The molecule has 0 bridgehead atoms. The summed E-state index contributed by atoms with van der Waals surface area (Å²) in [6.07, 6.45) is 5.62. The maximum Gasteiger partial charge on any atom is 0.0744 e. The summed E-state index contributed by atoms with van der Waals surface area (Å²) in [6.45, 7) is 0.659. The molecule has 2 nitrogen and oxygen atoms in total. The van der Waals surface area contributed by atoms with Gasteiger partial charge in [0.2, 0.25) is 0 Å². The molecule has 18 heavy (non-hydrogen) atoms. The van der Waals surface area contributed by atoms with Crippen LogP contribution >= 0.6 is 15.9 Å². The van der Waals surface area contributed by atoms with Gasteiger partial charge in [-0.05, 0) is 49.7 Å². The first-order valence-electron chi connectivity index (χ1n) is 6.82. The number of methoxy groups -OCH3 is 1. The Bertz CT molecular complexity index is 415. The van der Waals surface area contributed by atoms with Gasteiger partial charge in [-0.1, -0.05) is 22.0 Å². The second-order valence-electron chi connectivity index (χ2n) is 5.54. The molecule has 1 N–H and O–H groups in total. The van der Waals surface area contributed by atoms with Gasteiger partial charge in [-0.15, -0.1) is 0 Å². The molecular weight excluding hydrogens is 290 g/mol. The lowest BCUT2D eigenvalue weighted by Gasteiger charge is -2.22. The third kappa shape index (κ3) is 2.72. The zero-order chi connectivity index (χ0) is 12.5. The predicted octanol–water partition coefficient (Wildman–Crippen LogP) is 4.20. The lowest BCUT2D eigenvalue weighted by atomic mass is 10.1. The Labute approximate surface area is 117 Å². The average molecular weight is 310 g/mol. The van der Waals surface area contributed by atoms with Crippen LogP contribution in [0, 0.1) is 11.8 Å². The van der Waals surface area contributed by atoms with Crippen molar-refractivity contribution in [1.29, 1.82) is 0 Å². The molecule has 0 spiro atoms. The number of ether oxygens (including phenoxy) is 1. The third-order valence-corrected chi connectivity index (χ3v) is 4.73. The average Bonchev–Trinajstić information content (AvgIpc) is 3.23. The summed E-state index contributed by atoms with van der Waals surface area (Å²) in [4.78, 5) is 0. The van der Waals surface area contributed by atoms with Crippen molar-refractivity contribution in [3.8, 4) is 0 Å². The van der Waals surface area contributed by atoms with Crippen LogP contribution in [0.1, 0.15) is 31.2 Å². The Morgan fingerprint density at radius 1 is 1.28 bits per heavy atom. The lowest BCUT2D eigenvalue weighted by molar-refractivity contribution is 0.184. The maximum atomic E-state index is 5.31. The van der Waals surface area contributed by atoms with Gasteiger partial charge in [-0.25, -0.2) is 0 Å². The molecule has 0 atom stereocenters. The van der Waals surface area contributed by atoms with Crippen molar-refractivity contribution in [2.75, 3.05) is 12.4 Å². The van der Waals surface area contributed by atoms with E-state index in [4.69, 9.17) is 4.74 Å². The fourth-order valence-corrected chi connectivity index (χ4v) is 3.18. The molecule has 0 saturated heterocycles. The van der Waals surface area contributed by atoms with Crippen LogP contribution in [-0.4, -0.2) is 13.2 Å². The van der Waals surface area contributed by atoms with Crippen molar-refractivity contribution < 1.29 is 4.74 Å². The first-order chi connectivity index (χ1) is 8.79. The fourth-order valence-electron chi connectivity index (χ4n) is 2.70. The molecule has 0 radical (unpaired) electrons. The first kappa shape index (κ1) is 12.5. The second kappa shape index (κ2) is 5.22. The number of halogens is 1. The van der Waals surface area contributed by atoms with Gasteiger partial charge < -0.3 is 10.1 Å². The molecule has 2 fully saturated rings. The normalized spacial score (nSPS) is 19.3. The molecule has 1 aromatic rings. The fraction of sp³-hybridized carbons (Fsp3) is 0.600. The van der Waals surface area contributed by atoms with E-state index < -0.39 is 0 Å². The monoisotopic (exact) mass is 309 g/mol. The molecule has 1 aromatic carbocycles. The van der Waals surface area contributed by atoms with Crippen molar-refractivity contribution in [2.24, 2.45) is 11.8 Å². The van der Waals surface area contributed by atoms with Gasteiger partial charge >= 0.3 is 0 Å². The minimum atomic E-state index is 0.659. The predicted molar refractivity (Wildman–Crippen MR) is 77.7 cm³/mol. The van der Waals surface area contributed by atoms with Crippen LogP contribution in [0.2, 0.25) is 0 Å². The molecule has 2 aliphatic rings. The van der Waals surface area contributed by atoms with E-state index in [1.54, 1.807) is 7.11 Å². The minimum Gasteiger partial charge on any atom is -0.381 e. The van der Waals surface area contributed by atoms with Gasteiger partial charge in [-0.3, -0.25) is 0 Å². The molecule has 2 aliphatic carbocycles. The molecule has 0 heterocycles. The first-order valence-corrected chi connectivity index (χ1v) is 7.61. The van der Waals surface area contributed by atoms with E-state index >= 15 is 0 Å². The number of anilines is 1. The van der Waals surface area contributed by atoms with Crippen molar-refractivity contribution in [3.05, 3.63) is 28.2 Å². The summed E-state index contributed by atoms with van der Waals surface area (Å²) in [5.41, 5.74) is 2.49. The van der Waals surface area contributed by atoms with Crippen LogP contribution in [0.4, 0.5) is 5.69 Å². The molecular formula is C15H20BrNO. The Morgan fingerprint density at radius 2 is 1.94 bits per heavy atom. The van der Waals surface area contributed by atoms with Gasteiger partial charge in [0.25, 0.3) is 0 Å². The molecule has 3 heteroatoms. The molecule has 3 rings (SSSR count). The second-order valence-corrected chi connectivity index (χ2v) is 6.40. The molecule has 0 aromatic heterocycles. The summed E-state index contributed by atoms with van der Waals surface area (Å²) in [5.74, 6) is 1.82. The Morgan fingerprint density at radius 3 is 2.50 bits per heavy atom. The van der Waals surface area contributed by atoms with Crippen LogP contribution in [0.25, 0.3) is 0 Å². The summed E-state index contributed by atoms with van der Waals surface area (Å²) in [7, 11) is 1.75. The summed E-state index contributed by atoms with van der Waals surface area (Å²) < 4.78 is 6.45. The molecule has 0 unspecified atom stereocenters. The summed E-state index contributed by atoms with van der Waals surface area (Å²) >= 11 is 3.62. The highest BCUT2D eigenvalue weighted by atomic mass is 79.9. The van der Waals surface area contributed by atoms with Crippen LogP contribution in [0.3, 0.4) is 0 Å². The van der Waals surface area contributed by atoms with E-state index in [0.717, 1.165) is 16.3 Å². The van der Waals surface area contributed by atoms with E-state index in [1.807, 2.05) is 0 Å². The zero-order valence-corrected chi connectivity index (χ0v) is 12.4. The molecule has 0 aliphatic heterocycles. The van der Waals surface area contributed by atoms with E-state index in [0.29, 0.717) is 12.6 Å². The Hall–Kier alpha value is -0.540. The van der Waals surface area contributed by atoms with E-state index in [9.17, 15) is 0 Å². The number of hydrogen-bond acceptors (Lipinski definition) is 2. The van der Waals surface area contributed by atoms with Crippen molar-refractivity contribution in [3.63, 3.8) is 0 Å². The Balaban J connectivity index is 1.79. The highest BCUT2D eigenvalue weighted by molar-refractivity contribution is 9.10. The Kier molecular flexibility index (Phi) is 3.62. The summed E-state index contributed by atoms with van der Waals surface area (Å²) in [5, 5.41) is 3.79. The highest BCUT2D eigenvalue weighted by Crippen LogP contribution is 2.46. The van der Waals surface area contributed by atoms with Gasteiger partial charge in [0.1, 0.15) is 0 Å². The smallest absolute Gasteiger partial charge is 0.0744 e. The van der Waals surface area contributed by atoms with Gasteiger partial charge in [0.05, 0.1) is 6.61 Å². The van der Waals surface area contributed by atoms with Gasteiger partial charge in [0.15, 0.2) is 0 Å². The van der Waals surface area contributed by atoms with Crippen molar-refractivity contribution >= 4 is 21.6 Å². The molecule has 0 amide bonds. The van der Waals surface area contributed by atoms with E-state index in [1.165, 1.54) is 36.9 Å². The standard InChI is InChI=1S/C15H20BrNO/c1-18-9-12-13(16)3-2-4-14(12)17-15(10-5-6-10)11-7-8-11/h2-4,10-11,15,17H,5-9H2,1H3. The number of benzene rings is 1. The number of hydrogen-bond donors (Lipinski definition) is 1. The van der Waals surface area contributed by atoms with Crippen LogP contribution in [-0.2, 0) is 11.3 Å². The van der Waals surface area contributed by atoms with E-state index in [-0.39, 0.29) is 0 Å². The summed E-state index contributed by atoms with van der Waals surface area (Å²) in [6, 6.07) is 7.05. The van der Waals surface area contributed by atoms with E-state index in [2.05, 4.69) is 39.4 Å². The molecule has 98 valence electrons.